The Kier molecular flexibility index (Phi) is 6.29. The Hall–Kier alpha value is -1.80. The van der Waals surface area contributed by atoms with Crippen molar-refractivity contribution in [1.82, 2.24) is 5.32 Å². The average molecular weight is 283 g/mol. The van der Waals surface area contributed by atoms with Gasteiger partial charge in [0.15, 0.2) is 0 Å². The van der Waals surface area contributed by atoms with Crippen molar-refractivity contribution in [2.24, 2.45) is 0 Å². The highest BCUT2D eigenvalue weighted by atomic mass is 16.5. The van der Waals surface area contributed by atoms with Gasteiger partial charge in [-0.15, -0.1) is 0 Å². The van der Waals surface area contributed by atoms with Crippen molar-refractivity contribution in [3.63, 3.8) is 0 Å². The summed E-state index contributed by atoms with van der Waals surface area (Å²) in [5.74, 6) is 1.80. The number of hydrogen-bond donors (Lipinski definition) is 1. The molecule has 0 saturated heterocycles. The van der Waals surface area contributed by atoms with Crippen LogP contribution < -0.4 is 10.1 Å². The number of nitrogens with one attached hydrogen (secondary N) is 1. The summed E-state index contributed by atoms with van der Waals surface area (Å²) in [6.45, 7) is 5.46. The van der Waals surface area contributed by atoms with Crippen LogP contribution in [-0.2, 0) is 6.42 Å². The smallest absolute Gasteiger partial charge is 0.127 e. The summed E-state index contributed by atoms with van der Waals surface area (Å²) < 4.78 is 5.87. The van der Waals surface area contributed by atoms with E-state index in [4.69, 9.17) is 4.74 Å². The third-order valence-electron chi connectivity index (χ3n) is 3.32. The Labute approximate surface area is 128 Å². The van der Waals surface area contributed by atoms with Crippen molar-refractivity contribution >= 4 is 0 Å². The van der Waals surface area contributed by atoms with Gasteiger partial charge in [0.2, 0.25) is 0 Å². The van der Waals surface area contributed by atoms with Gasteiger partial charge >= 0.3 is 0 Å². The number of aryl methyl sites for hydroxylation is 1. The summed E-state index contributed by atoms with van der Waals surface area (Å²) in [7, 11) is 0. The van der Waals surface area contributed by atoms with Crippen LogP contribution in [-0.4, -0.2) is 12.6 Å². The van der Waals surface area contributed by atoms with Gasteiger partial charge in [0.25, 0.3) is 0 Å². The number of rotatable bonds is 8. The van der Waals surface area contributed by atoms with Crippen LogP contribution in [0.15, 0.2) is 54.6 Å². The molecule has 2 rings (SSSR count). The minimum atomic E-state index is 0.576. The lowest BCUT2D eigenvalue weighted by molar-refractivity contribution is 0.481. The first-order valence-corrected chi connectivity index (χ1v) is 7.79. The largest absolute Gasteiger partial charge is 0.457 e. The fraction of sp³-hybridized carbons (Fsp3) is 0.368. The molecule has 2 aromatic rings. The van der Waals surface area contributed by atoms with E-state index in [1.165, 1.54) is 18.4 Å². The predicted octanol–water partition coefficient (Wildman–Crippen LogP) is 4.80. The maximum Gasteiger partial charge on any atom is 0.127 e. The van der Waals surface area contributed by atoms with E-state index in [0.717, 1.165) is 24.5 Å². The molecule has 2 heteroatoms. The van der Waals surface area contributed by atoms with Gasteiger partial charge in [-0.25, -0.2) is 0 Å². The maximum atomic E-state index is 5.87. The fourth-order valence-corrected chi connectivity index (χ4v) is 2.23. The maximum absolute atomic E-state index is 5.87. The third-order valence-corrected chi connectivity index (χ3v) is 3.32. The molecule has 0 aliphatic heterocycles. The van der Waals surface area contributed by atoms with Crippen molar-refractivity contribution in [3.05, 3.63) is 60.2 Å². The van der Waals surface area contributed by atoms with E-state index in [1.807, 2.05) is 36.4 Å². The van der Waals surface area contributed by atoms with Crippen molar-refractivity contribution in [2.75, 3.05) is 6.54 Å². The van der Waals surface area contributed by atoms with E-state index in [9.17, 15) is 0 Å². The molecule has 2 aromatic carbocycles. The van der Waals surface area contributed by atoms with Crippen LogP contribution in [0, 0.1) is 0 Å². The predicted molar refractivity (Wildman–Crippen MR) is 89.0 cm³/mol. The molecular formula is C19H25NO. The first-order chi connectivity index (χ1) is 10.2. The van der Waals surface area contributed by atoms with Gasteiger partial charge in [-0.3, -0.25) is 0 Å². The van der Waals surface area contributed by atoms with Gasteiger partial charge in [0.05, 0.1) is 0 Å². The summed E-state index contributed by atoms with van der Waals surface area (Å²) >= 11 is 0. The lowest BCUT2D eigenvalue weighted by atomic mass is 10.1. The first-order valence-electron chi connectivity index (χ1n) is 7.79. The molecule has 0 fully saturated rings. The van der Waals surface area contributed by atoms with Gasteiger partial charge in [0.1, 0.15) is 11.5 Å². The molecule has 0 saturated carbocycles. The zero-order valence-electron chi connectivity index (χ0n) is 13.0. The van der Waals surface area contributed by atoms with E-state index in [0.29, 0.717) is 6.04 Å². The Morgan fingerprint density at radius 2 is 1.67 bits per heavy atom. The molecule has 0 atom stereocenters. The van der Waals surface area contributed by atoms with Crippen molar-refractivity contribution in [2.45, 2.75) is 39.2 Å². The summed E-state index contributed by atoms with van der Waals surface area (Å²) in [6.07, 6.45) is 3.52. The minimum absolute atomic E-state index is 0.576. The molecule has 0 aliphatic carbocycles. The lowest BCUT2D eigenvalue weighted by Gasteiger charge is -2.09. The number of hydrogen-bond acceptors (Lipinski definition) is 2. The molecule has 21 heavy (non-hydrogen) atoms. The first kappa shape index (κ1) is 15.6. The Morgan fingerprint density at radius 3 is 2.43 bits per heavy atom. The molecule has 0 bridgehead atoms. The van der Waals surface area contributed by atoms with Gasteiger partial charge in [-0.2, -0.15) is 0 Å². The zero-order valence-corrected chi connectivity index (χ0v) is 13.0. The highest BCUT2D eigenvalue weighted by Gasteiger charge is 1.99. The van der Waals surface area contributed by atoms with E-state index in [1.54, 1.807) is 0 Å². The number of benzene rings is 2. The van der Waals surface area contributed by atoms with Crippen molar-refractivity contribution < 1.29 is 4.74 Å². The van der Waals surface area contributed by atoms with Gasteiger partial charge < -0.3 is 10.1 Å². The van der Waals surface area contributed by atoms with E-state index >= 15 is 0 Å². The molecule has 0 amide bonds. The van der Waals surface area contributed by atoms with E-state index in [-0.39, 0.29) is 0 Å². The monoisotopic (exact) mass is 283 g/mol. The Morgan fingerprint density at radius 1 is 0.905 bits per heavy atom. The lowest BCUT2D eigenvalue weighted by Crippen LogP contribution is -2.23. The average Bonchev–Trinajstić information content (AvgIpc) is 2.48. The van der Waals surface area contributed by atoms with Crippen LogP contribution in [0.2, 0.25) is 0 Å². The molecule has 0 radical (unpaired) electrons. The van der Waals surface area contributed by atoms with Crippen LogP contribution >= 0.6 is 0 Å². The molecule has 0 spiro atoms. The van der Waals surface area contributed by atoms with E-state index in [2.05, 4.69) is 37.4 Å². The topological polar surface area (TPSA) is 21.3 Å². The second-order valence-electron chi connectivity index (χ2n) is 5.63. The van der Waals surface area contributed by atoms with Crippen LogP contribution in [0.3, 0.4) is 0 Å². The molecule has 2 nitrogen and oxygen atoms in total. The second kappa shape index (κ2) is 8.48. The van der Waals surface area contributed by atoms with Crippen LogP contribution in [0.4, 0.5) is 0 Å². The van der Waals surface area contributed by atoms with Crippen LogP contribution in [0.1, 0.15) is 32.3 Å². The highest BCUT2D eigenvalue weighted by molar-refractivity contribution is 5.33. The Bertz CT molecular complexity index is 522. The normalized spacial score (nSPS) is 10.8. The molecule has 0 heterocycles. The van der Waals surface area contributed by atoms with Gasteiger partial charge in [-0.1, -0.05) is 44.2 Å². The second-order valence-corrected chi connectivity index (χ2v) is 5.63. The van der Waals surface area contributed by atoms with E-state index < -0.39 is 0 Å². The number of ether oxygens (including phenoxy) is 1. The van der Waals surface area contributed by atoms with Crippen molar-refractivity contribution in [1.29, 1.82) is 0 Å². The fourth-order valence-electron chi connectivity index (χ4n) is 2.23. The molecule has 0 unspecified atom stereocenters. The molecule has 112 valence electrons. The van der Waals surface area contributed by atoms with Crippen molar-refractivity contribution in [3.8, 4) is 11.5 Å². The minimum Gasteiger partial charge on any atom is -0.457 e. The third kappa shape index (κ3) is 6.01. The standard InChI is InChI=1S/C19H25NO/c1-16(2)20-14-7-6-9-17-10-8-13-19(15-17)21-18-11-4-3-5-12-18/h3-5,8,10-13,15-16,20H,6-7,9,14H2,1-2H3. The summed E-state index contributed by atoms with van der Waals surface area (Å²) in [5, 5.41) is 3.45. The van der Waals surface area contributed by atoms with Crippen LogP contribution in [0.5, 0.6) is 11.5 Å². The molecule has 1 N–H and O–H groups in total. The molecule has 0 aliphatic rings. The number of para-hydroxylation sites is 1. The summed E-state index contributed by atoms with van der Waals surface area (Å²) in [5.41, 5.74) is 1.34. The highest BCUT2D eigenvalue weighted by Crippen LogP contribution is 2.22. The summed E-state index contributed by atoms with van der Waals surface area (Å²) in [6, 6.07) is 18.9. The molecular weight excluding hydrogens is 258 g/mol. The quantitative estimate of drug-likeness (QED) is 0.703. The summed E-state index contributed by atoms with van der Waals surface area (Å²) in [4.78, 5) is 0. The van der Waals surface area contributed by atoms with Crippen LogP contribution in [0.25, 0.3) is 0 Å². The number of unbranched alkanes of at least 4 members (excludes halogenated alkanes) is 1. The molecule has 0 aromatic heterocycles. The zero-order chi connectivity index (χ0) is 14.9. The van der Waals surface area contributed by atoms with Gasteiger partial charge in [0, 0.05) is 6.04 Å². The Balaban J connectivity index is 1.81. The SMILES string of the molecule is CC(C)NCCCCc1cccc(Oc2ccccc2)c1. The van der Waals surface area contributed by atoms with Gasteiger partial charge in [-0.05, 0) is 55.6 Å².